The number of hydrogen-bond donors (Lipinski definition) is 2. The number of carbonyl (C=O) groups is 3. The molecule has 1 atom stereocenters. The van der Waals surface area contributed by atoms with Crippen molar-refractivity contribution in [1.82, 2.24) is 20.1 Å². The quantitative estimate of drug-likeness (QED) is 0.712. The van der Waals surface area contributed by atoms with Gasteiger partial charge in [-0.05, 0) is 18.4 Å². The van der Waals surface area contributed by atoms with Gasteiger partial charge in [0.05, 0.1) is 5.41 Å². The summed E-state index contributed by atoms with van der Waals surface area (Å²) in [7, 11) is 0. The minimum absolute atomic E-state index is 0.00357. The van der Waals surface area contributed by atoms with Crippen LogP contribution >= 0.6 is 0 Å². The molecule has 2 heterocycles. The number of H-pyrrole nitrogens is 1. The Morgan fingerprint density at radius 3 is 2.68 bits per heavy atom. The molecule has 3 rings (SSSR count). The van der Waals surface area contributed by atoms with Gasteiger partial charge < -0.3 is 0 Å². The standard InChI is InChI=1S/C20H25N5O3/c1-13(2)11-15-21-19(24-23-15)22-16(26)9-10-25-17(27)12-20(3,18(25)28)14-7-5-4-6-8-14/h4-8,13H,9-12H2,1-3H3,(H2,21,22,23,24,26). The van der Waals surface area contributed by atoms with E-state index in [0.717, 1.165) is 12.0 Å². The first-order valence-corrected chi connectivity index (χ1v) is 9.41. The summed E-state index contributed by atoms with van der Waals surface area (Å²) in [4.78, 5) is 42.8. The van der Waals surface area contributed by atoms with E-state index in [0.29, 0.717) is 11.7 Å². The van der Waals surface area contributed by atoms with Crippen LogP contribution in [0.25, 0.3) is 0 Å². The van der Waals surface area contributed by atoms with Gasteiger partial charge in [0.25, 0.3) is 0 Å². The second-order valence-corrected chi connectivity index (χ2v) is 7.73. The maximum absolute atomic E-state index is 12.9. The van der Waals surface area contributed by atoms with Gasteiger partial charge in [-0.1, -0.05) is 44.2 Å². The number of benzene rings is 1. The molecule has 1 aromatic heterocycles. The SMILES string of the molecule is CC(C)Cc1nc(NC(=O)CCN2C(=O)CC(C)(c3ccccc3)C2=O)n[nH]1. The lowest BCUT2D eigenvalue weighted by atomic mass is 9.81. The van der Waals surface area contributed by atoms with Crippen molar-refractivity contribution in [3.8, 4) is 0 Å². The van der Waals surface area contributed by atoms with Crippen molar-refractivity contribution in [2.24, 2.45) is 5.92 Å². The highest BCUT2D eigenvalue weighted by atomic mass is 16.2. The zero-order valence-electron chi connectivity index (χ0n) is 16.4. The van der Waals surface area contributed by atoms with E-state index < -0.39 is 5.41 Å². The predicted molar refractivity (Wildman–Crippen MR) is 103 cm³/mol. The van der Waals surface area contributed by atoms with Crippen LogP contribution in [0.15, 0.2) is 30.3 Å². The topological polar surface area (TPSA) is 108 Å². The predicted octanol–water partition coefficient (Wildman–Crippen LogP) is 2.05. The molecule has 1 saturated heterocycles. The van der Waals surface area contributed by atoms with Gasteiger partial charge >= 0.3 is 0 Å². The number of carbonyl (C=O) groups excluding carboxylic acids is 3. The Labute approximate surface area is 163 Å². The number of rotatable bonds is 7. The number of anilines is 1. The highest BCUT2D eigenvalue weighted by molar-refractivity contribution is 6.09. The molecule has 1 unspecified atom stereocenters. The minimum Gasteiger partial charge on any atom is -0.293 e. The molecule has 0 saturated carbocycles. The average Bonchev–Trinajstić information content (AvgIpc) is 3.16. The fraction of sp³-hybridized carbons (Fsp3) is 0.450. The molecule has 28 heavy (non-hydrogen) atoms. The van der Waals surface area contributed by atoms with E-state index >= 15 is 0 Å². The van der Waals surface area contributed by atoms with Crippen molar-refractivity contribution < 1.29 is 14.4 Å². The Hall–Kier alpha value is -3.03. The number of aromatic amines is 1. The Balaban J connectivity index is 1.58. The zero-order valence-corrected chi connectivity index (χ0v) is 16.4. The van der Waals surface area contributed by atoms with E-state index in [1.807, 2.05) is 30.3 Å². The number of nitrogens with one attached hydrogen (secondary N) is 2. The molecule has 1 fully saturated rings. The fourth-order valence-corrected chi connectivity index (χ4v) is 3.37. The van der Waals surface area contributed by atoms with Crippen molar-refractivity contribution >= 4 is 23.7 Å². The first-order chi connectivity index (χ1) is 13.3. The van der Waals surface area contributed by atoms with Crippen molar-refractivity contribution in [3.63, 3.8) is 0 Å². The summed E-state index contributed by atoms with van der Waals surface area (Å²) in [6.07, 6.45) is 0.838. The molecular formula is C20H25N5O3. The van der Waals surface area contributed by atoms with E-state index in [2.05, 4.69) is 34.3 Å². The van der Waals surface area contributed by atoms with Crippen LogP contribution in [0.2, 0.25) is 0 Å². The molecule has 0 spiro atoms. The monoisotopic (exact) mass is 383 g/mol. The summed E-state index contributed by atoms with van der Waals surface area (Å²) < 4.78 is 0. The van der Waals surface area contributed by atoms with Gasteiger partial charge in [-0.2, -0.15) is 4.98 Å². The third-order valence-electron chi connectivity index (χ3n) is 4.88. The Bertz CT molecular complexity index is 877. The first-order valence-electron chi connectivity index (χ1n) is 9.41. The normalized spacial score (nSPS) is 19.5. The fourth-order valence-electron chi connectivity index (χ4n) is 3.37. The lowest BCUT2D eigenvalue weighted by molar-refractivity contribution is -0.139. The Kier molecular flexibility index (Phi) is 5.58. The second kappa shape index (κ2) is 7.92. The second-order valence-electron chi connectivity index (χ2n) is 7.73. The van der Waals surface area contributed by atoms with E-state index in [9.17, 15) is 14.4 Å². The van der Waals surface area contributed by atoms with Gasteiger partial charge in [-0.15, -0.1) is 5.10 Å². The van der Waals surface area contributed by atoms with Gasteiger partial charge in [-0.3, -0.25) is 29.7 Å². The van der Waals surface area contributed by atoms with Gasteiger partial charge in [0.15, 0.2) is 0 Å². The third kappa shape index (κ3) is 4.11. The highest BCUT2D eigenvalue weighted by Crippen LogP contribution is 2.36. The van der Waals surface area contributed by atoms with Crippen LogP contribution in [0.3, 0.4) is 0 Å². The molecule has 1 aromatic carbocycles. The Morgan fingerprint density at radius 1 is 1.29 bits per heavy atom. The van der Waals surface area contributed by atoms with Crippen LogP contribution in [0.4, 0.5) is 5.95 Å². The molecule has 8 heteroatoms. The number of nitrogens with zero attached hydrogens (tertiary/aromatic N) is 3. The van der Waals surface area contributed by atoms with Crippen LogP contribution in [0.5, 0.6) is 0 Å². The van der Waals surface area contributed by atoms with Crippen molar-refractivity contribution in [2.75, 3.05) is 11.9 Å². The summed E-state index contributed by atoms with van der Waals surface area (Å²) >= 11 is 0. The van der Waals surface area contributed by atoms with E-state index in [-0.39, 0.29) is 43.1 Å². The number of amides is 3. The smallest absolute Gasteiger partial charge is 0.248 e. The summed E-state index contributed by atoms with van der Waals surface area (Å²) in [5.41, 5.74) is -0.0802. The summed E-state index contributed by atoms with van der Waals surface area (Å²) in [5, 5.41) is 9.35. The lowest BCUT2D eigenvalue weighted by Crippen LogP contribution is -2.38. The lowest BCUT2D eigenvalue weighted by Gasteiger charge is -2.22. The van der Waals surface area contributed by atoms with Gasteiger partial charge in [-0.25, -0.2) is 0 Å². The van der Waals surface area contributed by atoms with Crippen LogP contribution in [0.1, 0.15) is 45.0 Å². The van der Waals surface area contributed by atoms with Crippen molar-refractivity contribution in [1.29, 1.82) is 0 Å². The van der Waals surface area contributed by atoms with Gasteiger partial charge in [0.1, 0.15) is 5.82 Å². The number of hydrogen-bond acceptors (Lipinski definition) is 5. The van der Waals surface area contributed by atoms with Crippen molar-refractivity contribution in [3.05, 3.63) is 41.7 Å². The molecule has 2 N–H and O–H groups in total. The van der Waals surface area contributed by atoms with Crippen LogP contribution in [-0.4, -0.2) is 44.3 Å². The van der Waals surface area contributed by atoms with E-state index in [4.69, 9.17) is 0 Å². The molecule has 0 aliphatic carbocycles. The maximum atomic E-state index is 12.9. The van der Waals surface area contributed by atoms with E-state index in [1.54, 1.807) is 6.92 Å². The van der Waals surface area contributed by atoms with Gasteiger partial charge in [0, 0.05) is 25.8 Å². The Morgan fingerprint density at radius 2 is 2.00 bits per heavy atom. The number of likely N-dealkylation sites (tertiary alicyclic amines) is 1. The zero-order chi connectivity index (χ0) is 20.3. The largest absolute Gasteiger partial charge is 0.293 e. The van der Waals surface area contributed by atoms with Crippen LogP contribution in [-0.2, 0) is 26.2 Å². The molecule has 3 amide bonds. The number of aromatic nitrogens is 3. The van der Waals surface area contributed by atoms with Gasteiger partial charge in [0.2, 0.25) is 23.7 Å². The summed E-state index contributed by atoms with van der Waals surface area (Å²) in [6, 6.07) is 9.25. The molecule has 2 aromatic rings. The summed E-state index contributed by atoms with van der Waals surface area (Å²) in [6.45, 7) is 5.93. The molecule has 0 bridgehead atoms. The summed E-state index contributed by atoms with van der Waals surface area (Å²) in [5.74, 6) is 0.448. The molecule has 0 radical (unpaired) electrons. The minimum atomic E-state index is -0.885. The van der Waals surface area contributed by atoms with E-state index in [1.165, 1.54) is 4.90 Å². The van der Waals surface area contributed by atoms with Crippen LogP contribution in [0, 0.1) is 5.92 Å². The maximum Gasteiger partial charge on any atom is 0.248 e. The molecule has 1 aliphatic rings. The van der Waals surface area contributed by atoms with Crippen molar-refractivity contribution in [2.45, 2.75) is 45.4 Å². The first kappa shape index (κ1) is 19.7. The molecule has 148 valence electrons. The van der Waals surface area contributed by atoms with Crippen LogP contribution < -0.4 is 5.32 Å². The molecule has 1 aliphatic heterocycles. The molecular weight excluding hydrogens is 358 g/mol. The molecule has 8 nitrogen and oxygen atoms in total. The number of imide groups is 1. The highest BCUT2D eigenvalue weighted by Gasteiger charge is 2.49. The average molecular weight is 383 g/mol. The third-order valence-corrected chi connectivity index (χ3v) is 4.88.